The van der Waals surface area contributed by atoms with E-state index in [4.69, 9.17) is 4.74 Å². The number of hydrogen-bond acceptors (Lipinski definition) is 4. The first-order valence-electron chi connectivity index (χ1n) is 11.9. The van der Waals surface area contributed by atoms with E-state index in [0.717, 1.165) is 6.07 Å². The minimum Gasteiger partial charge on any atom is -0.494 e. The van der Waals surface area contributed by atoms with Crippen LogP contribution in [-0.4, -0.2) is 24.0 Å². The molecule has 1 amide bonds. The molecule has 1 fully saturated rings. The molecule has 1 saturated carbocycles. The Morgan fingerprint density at radius 2 is 1.75 bits per heavy atom. The van der Waals surface area contributed by atoms with E-state index < -0.39 is 29.5 Å². The van der Waals surface area contributed by atoms with Crippen molar-refractivity contribution in [2.24, 2.45) is 16.3 Å². The second kappa shape index (κ2) is 9.56. The largest absolute Gasteiger partial charge is 0.494 e. The van der Waals surface area contributed by atoms with Crippen molar-refractivity contribution in [1.82, 2.24) is 0 Å². The number of fused-ring (bicyclic) bond motifs is 1. The summed E-state index contributed by atoms with van der Waals surface area (Å²) in [6, 6.07) is 12.0. The third-order valence-corrected chi connectivity index (χ3v) is 6.64. The van der Waals surface area contributed by atoms with Gasteiger partial charge in [-0.05, 0) is 55.5 Å². The molecular weight excluding hydrogens is 469 g/mol. The molecule has 0 spiro atoms. The molecule has 0 aromatic heterocycles. The number of anilines is 1. The zero-order valence-corrected chi connectivity index (χ0v) is 20.7. The fraction of sp³-hybridized carbons (Fsp3) is 0.393. The minimum atomic E-state index is -4.63. The summed E-state index contributed by atoms with van der Waals surface area (Å²) in [7, 11) is 0. The van der Waals surface area contributed by atoms with Gasteiger partial charge in [-0.3, -0.25) is 14.6 Å². The second-order valence-corrected chi connectivity index (χ2v) is 10.0. The number of aliphatic imine (C=N–C) groups is 1. The molecule has 8 heteroatoms. The van der Waals surface area contributed by atoms with E-state index in [1.807, 2.05) is 20.8 Å². The average molecular weight is 499 g/mol. The number of allylic oxidation sites excluding steroid dienone is 1. The molecule has 1 aliphatic heterocycles. The highest BCUT2D eigenvalue weighted by atomic mass is 19.4. The van der Waals surface area contributed by atoms with Crippen molar-refractivity contribution in [3.63, 3.8) is 0 Å². The minimum absolute atomic E-state index is 0.0302. The van der Waals surface area contributed by atoms with Crippen LogP contribution in [0.1, 0.15) is 57.6 Å². The summed E-state index contributed by atoms with van der Waals surface area (Å²) in [5.74, 6) is -1.41. The maximum atomic E-state index is 13.6. The molecule has 2 aromatic carbocycles. The number of para-hydroxylation sites is 1. The number of amides is 1. The number of alkyl halides is 3. The van der Waals surface area contributed by atoms with Crippen LogP contribution in [-0.2, 0) is 15.8 Å². The van der Waals surface area contributed by atoms with Crippen LogP contribution >= 0.6 is 0 Å². The lowest BCUT2D eigenvalue weighted by Crippen LogP contribution is -2.44. The zero-order valence-electron chi connectivity index (χ0n) is 20.7. The highest BCUT2D eigenvalue weighted by molar-refractivity contribution is 6.14. The fourth-order valence-electron chi connectivity index (χ4n) is 5.22. The average Bonchev–Trinajstić information content (AvgIpc) is 2.77. The quantitative estimate of drug-likeness (QED) is 0.508. The van der Waals surface area contributed by atoms with Gasteiger partial charge in [0.1, 0.15) is 11.5 Å². The van der Waals surface area contributed by atoms with Crippen molar-refractivity contribution in [2.75, 3.05) is 11.9 Å². The molecule has 1 heterocycles. The maximum Gasteiger partial charge on any atom is 0.418 e. The van der Waals surface area contributed by atoms with Crippen molar-refractivity contribution < 1.29 is 27.5 Å². The van der Waals surface area contributed by atoms with E-state index in [2.05, 4.69) is 10.3 Å². The first-order chi connectivity index (χ1) is 16.9. The Kier molecular flexibility index (Phi) is 6.82. The van der Waals surface area contributed by atoms with Gasteiger partial charge in [0.05, 0.1) is 23.8 Å². The Hall–Kier alpha value is -3.42. The molecule has 1 N–H and O–H groups in total. The number of rotatable bonds is 5. The molecule has 1 aliphatic carbocycles. The second-order valence-electron chi connectivity index (χ2n) is 10.0. The first-order valence-corrected chi connectivity index (χ1v) is 11.9. The zero-order chi connectivity index (χ0) is 26.3. The maximum absolute atomic E-state index is 13.6. The van der Waals surface area contributed by atoms with E-state index in [0.29, 0.717) is 42.2 Å². The number of hydrogen-bond donors (Lipinski definition) is 1. The van der Waals surface area contributed by atoms with Gasteiger partial charge in [0, 0.05) is 29.3 Å². The van der Waals surface area contributed by atoms with Gasteiger partial charge in [0.25, 0.3) is 5.91 Å². The number of nitrogens with one attached hydrogen (secondary N) is 1. The number of benzene rings is 2. The Balaban J connectivity index is 1.80. The summed E-state index contributed by atoms with van der Waals surface area (Å²) in [5.41, 5.74) is 0.459. The van der Waals surface area contributed by atoms with E-state index in [9.17, 15) is 22.8 Å². The van der Waals surface area contributed by atoms with Gasteiger partial charge in [0.2, 0.25) is 0 Å². The summed E-state index contributed by atoms with van der Waals surface area (Å²) >= 11 is 0. The summed E-state index contributed by atoms with van der Waals surface area (Å²) in [5, 5.41) is 2.45. The van der Waals surface area contributed by atoms with Crippen molar-refractivity contribution in [3.8, 4) is 5.75 Å². The molecule has 2 aromatic rings. The third kappa shape index (κ3) is 5.08. The monoisotopic (exact) mass is 498 g/mol. The van der Waals surface area contributed by atoms with Gasteiger partial charge in [0.15, 0.2) is 0 Å². The Labute approximate surface area is 208 Å². The van der Waals surface area contributed by atoms with Crippen LogP contribution in [0.25, 0.3) is 0 Å². The van der Waals surface area contributed by atoms with Crippen LogP contribution < -0.4 is 10.1 Å². The summed E-state index contributed by atoms with van der Waals surface area (Å²) in [6.07, 6.45) is -3.71. The van der Waals surface area contributed by atoms with Crippen LogP contribution in [0.5, 0.6) is 5.75 Å². The smallest absolute Gasteiger partial charge is 0.418 e. The van der Waals surface area contributed by atoms with Crippen LogP contribution in [0.2, 0.25) is 0 Å². The fourth-order valence-corrected chi connectivity index (χ4v) is 5.22. The molecule has 36 heavy (non-hydrogen) atoms. The molecule has 1 unspecified atom stereocenters. The van der Waals surface area contributed by atoms with Crippen LogP contribution in [0.15, 0.2) is 64.8 Å². The van der Waals surface area contributed by atoms with Gasteiger partial charge >= 0.3 is 6.18 Å². The number of Topliss-reactive ketones (excluding diaryl/α,β-unsaturated/α-hetero) is 1. The third-order valence-electron chi connectivity index (χ3n) is 6.64. The summed E-state index contributed by atoms with van der Waals surface area (Å²) < 4.78 is 46.2. The van der Waals surface area contributed by atoms with Gasteiger partial charge in [-0.15, -0.1) is 0 Å². The highest BCUT2D eigenvalue weighted by Crippen LogP contribution is 2.47. The predicted molar refractivity (Wildman–Crippen MR) is 132 cm³/mol. The van der Waals surface area contributed by atoms with Crippen molar-refractivity contribution in [1.29, 1.82) is 0 Å². The highest BCUT2D eigenvalue weighted by Gasteiger charge is 2.47. The Morgan fingerprint density at radius 1 is 1.08 bits per heavy atom. The number of nitrogens with zero attached hydrogens (tertiary/aromatic N) is 1. The number of carbonyl (C=O) groups excluding carboxylic acids is 2. The number of ether oxygens (including phenoxy) is 1. The Morgan fingerprint density at radius 3 is 2.39 bits per heavy atom. The predicted octanol–water partition coefficient (Wildman–Crippen LogP) is 6.56. The van der Waals surface area contributed by atoms with Crippen molar-refractivity contribution >= 4 is 23.1 Å². The summed E-state index contributed by atoms with van der Waals surface area (Å²) in [4.78, 5) is 31.6. The number of carbonyl (C=O) groups is 2. The van der Waals surface area contributed by atoms with Gasteiger partial charge in [-0.25, -0.2) is 0 Å². The molecule has 0 bridgehead atoms. The lowest BCUT2D eigenvalue weighted by molar-refractivity contribution is -0.137. The topological polar surface area (TPSA) is 67.8 Å². The summed E-state index contributed by atoms with van der Waals surface area (Å²) in [6.45, 7) is 8.03. The van der Waals surface area contributed by atoms with E-state index >= 15 is 0 Å². The molecule has 4 rings (SSSR count). The van der Waals surface area contributed by atoms with Crippen LogP contribution in [0.4, 0.5) is 18.9 Å². The van der Waals surface area contributed by atoms with Crippen LogP contribution in [0, 0.1) is 11.3 Å². The van der Waals surface area contributed by atoms with Crippen molar-refractivity contribution in [3.05, 3.63) is 70.9 Å². The molecule has 2 aliphatic rings. The number of ketones is 1. The first kappa shape index (κ1) is 25.7. The molecule has 0 saturated heterocycles. The van der Waals surface area contributed by atoms with Gasteiger partial charge in [-0.2, -0.15) is 13.2 Å². The van der Waals surface area contributed by atoms with Gasteiger partial charge < -0.3 is 10.1 Å². The van der Waals surface area contributed by atoms with E-state index in [1.165, 1.54) is 18.2 Å². The Bertz CT molecular complexity index is 1240. The molecule has 2 atom stereocenters. The van der Waals surface area contributed by atoms with Crippen LogP contribution in [0.3, 0.4) is 0 Å². The van der Waals surface area contributed by atoms with E-state index in [1.54, 1.807) is 31.2 Å². The SMILES string of the molecule is CCOc1ccc([C@@H]2C(C(=O)Nc3ccccc3C(F)(F)F)=C(C)N=C3CC(C)(C)CC(=O)C32)cc1. The van der Waals surface area contributed by atoms with E-state index in [-0.39, 0.29) is 22.5 Å². The molecule has 5 nitrogen and oxygen atoms in total. The number of halogens is 3. The van der Waals surface area contributed by atoms with Crippen molar-refractivity contribution in [2.45, 2.75) is 52.6 Å². The lowest BCUT2D eigenvalue weighted by Gasteiger charge is -2.41. The standard InChI is InChI=1S/C28H29F3N2O3/c1-5-36-18-12-10-17(11-13-18)24-23(16(2)32-21-14-27(3,4)15-22(34)25(21)24)26(35)33-20-9-7-6-8-19(20)28(29,30)31/h6-13,24-25H,5,14-15H2,1-4H3,(H,33,35)/t24-,25?/m1/s1. The van der Waals surface area contributed by atoms with Gasteiger partial charge in [-0.1, -0.05) is 38.1 Å². The molecular formula is C28H29F3N2O3. The molecule has 190 valence electrons. The lowest BCUT2D eigenvalue weighted by atomic mass is 9.63. The normalized spacial score (nSPS) is 21.5. The molecule has 0 radical (unpaired) electrons.